The Morgan fingerprint density at radius 1 is 0.870 bits per heavy atom. The highest BCUT2D eigenvalue weighted by molar-refractivity contribution is 5.85. The third-order valence-electron chi connectivity index (χ3n) is 4.44. The van der Waals surface area contributed by atoms with E-state index in [-0.39, 0.29) is 17.2 Å². The summed E-state index contributed by atoms with van der Waals surface area (Å²) in [7, 11) is 1.48. The predicted molar refractivity (Wildman–Crippen MR) is 90.0 cm³/mol. The van der Waals surface area contributed by atoms with Gasteiger partial charge in [0.1, 0.15) is 0 Å². The average molecular weight is 304 g/mol. The second-order valence-electron chi connectivity index (χ2n) is 5.71. The lowest BCUT2D eigenvalue weighted by Gasteiger charge is -2.12. The minimum Gasteiger partial charge on any atom is -0.504 e. The molecular formula is C20H16O3. The summed E-state index contributed by atoms with van der Waals surface area (Å²) in [4.78, 5) is 0. The summed E-state index contributed by atoms with van der Waals surface area (Å²) >= 11 is 0. The highest BCUT2D eigenvalue weighted by Crippen LogP contribution is 2.45. The lowest BCUT2D eigenvalue weighted by atomic mass is 9.95. The van der Waals surface area contributed by atoms with Gasteiger partial charge in [0.2, 0.25) is 5.75 Å². The van der Waals surface area contributed by atoms with Gasteiger partial charge in [-0.3, -0.25) is 0 Å². The lowest BCUT2D eigenvalue weighted by Crippen LogP contribution is -1.90. The molecule has 0 radical (unpaired) electrons. The minimum absolute atomic E-state index is 0.174. The van der Waals surface area contributed by atoms with Gasteiger partial charge in [0.05, 0.1) is 7.11 Å². The molecule has 2 N–H and O–H groups in total. The number of rotatable bonds is 2. The molecule has 1 aliphatic rings. The maximum Gasteiger partial charge on any atom is 0.200 e. The number of phenols is 2. The van der Waals surface area contributed by atoms with E-state index in [0.29, 0.717) is 0 Å². The molecule has 0 aliphatic heterocycles. The van der Waals surface area contributed by atoms with Crippen molar-refractivity contribution in [2.45, 2.75) is 6.42 Å². The largest absolute Gasteiger partial charge is 0.504 e. The van der Waals surface area contributed by atoms with Crippen molar-refractivity contribution in [3.8, 4) is 39.5 Å². The van der Waals surface area contributed by atoms with Gasteiger partial charge in [-0.1, -0.05) is 42.5 Å². The topological polar surface area (TPSA) is 49.7 Å². The summed E-state index contributed by atoms with van der Waals surface area (Å²) in [6, 6.07) is 17.9. The van der Waals surface area contributed by atoms with Crippen LogP contribution in [0, 0.1) is 0 Å². The minimum atomic E-state index is -0.230. The van der Waals surface area contributed by atoms with Crippen LogP contribution in [0.2, 0.25) is 0 Å². The molecule has 0 saturated carbocycles. The first-order valence-corrected chi connectivity index (χ1v) is 7.49. The molecule has 0 atom stereocenters. The molecule has 0 heterocycles. The van der Waals surface area contributed by atoms with Crippen LogP contribution in [0.3, 0.4) is 0 Å². The zero-order valence-electron chi connectivity index (χ0n) is 12.7. The Bertz CT molecular complexity index is 913. The number of hydrogen-bond acceptors (Lipinski definition) is 3. The first-order valence-electron chi connectivity index (χ1n) is 7.49. The van der Waals surface area contributed by atoms with E-state index in [4.69, 9.17) is 4.74 Å². The van der Waals surface area contributed by atoms with Crippen LogP contribution >= 0.6 is 0 Å². The molecule has 0 amide bonds. The summed E-state index contributed by atoms with van der Waals surface area (Å²) in [5, 5.41) is 19.8. The van der Waals surface area contributed by atoms with Gasteiger partial charge in [0.25, 0.3) is 0 Å². The Kier molecular flexibility index (Phi) is 3.01. The number of phenolic OH excluding ortho intramolecular Hbond substituents is 2. The van der Waals surface area contributed by atoms with Crippen LogP contribution in [0.15, 0.2) is 54.6 Å². The zero-order valence-corrected chi connectivity index (χ0v) is 12.7. The van der Waals surface area contributed by atoms with Crippen molar-refractivity contribution in [2.24, 2.45) is 0 Å². The molecule has 1 aliphatic carbocycles. The first-order chi connectivity index (χ1) is 11.2. The van der Waals surface area contributed by atoms with Crippen LogP contribution in [0.5, 0.6) is 17.2 Å². The fourth-order valence-electron chi connectivity index (χ4n) is 3.33. The third-order valence-corrected chi connectivity index (χ3v) is 4.44. The quantitative estimate of drug-likeness (QED) is 0.541. The number of ether oxygens (including phenoxy) is 1. The molecule has 3 heteroatoms. The molecule has 114 valence electrons. The van der Waals surface area contributed by atoms with Gasteiger partial charge in [0.15, 0.2) is 11.5 Å². The Morgan fingerprint density at radius 2 is 1.61 bits per heavy atom. The average Bonchev–Trinajstić information content (AvgIpc) is 2.96. The van der Waals surface area contributed by atoms with Crippen LogP contribution in [-0.2, 0) is 6.42 Å². The van der Waals surface area contributed by atoms with Crippen LogP contribution in [0.25, 0.3) is 22.3 Å². The van der Waals surface area contributed by atoms with Crippen molar-refractivity contribution >= 4 is 0 Å². The molecule has 0 saturated heterocycles. The van der Waals surface area contributed by atoms with Crippen molar-refractivity contribution in [2.75, 3.05) is 7.11 Å². The van der Waals surface area contributed by atoms with E-state index in [1.54, 1.807) is 12.1 Å². The van der Waals surface area contributed by atoms with Crippen molar-refractivity contribution in [1.29, 1.82) is 0 Å². The van der Waals surface area contributed by atoms with Gasteiger partial charge in [0, 0.05) is 0 Å². The van der Waals surface area contributed by atoms with Crippen molar-refractivity contribution in [3.05, 3.63) is 65.7 Å². The van der Waals surface area contributed by atoms with E-state index in [1.165, 1.54) is 29.4 Å². The summed E-state index contributed by atoms with van der Waals surface area (Å²) in [5.41, 5.74) is 6.92. The highest BCUT2D eigenvalue weighted by atomic mass is 16.5. The van der Waals surface area contributed by atoms with Crippen molar-refractivity contribution in [1.82, 2.24) is 0 Å². The maximum absolute atomic E-state index is 9.97. The van der Waals surface area contributed by atoms with Gasteiger partial charge in [-0.15, -0.1) is 0 Å². The molecular weight excluding hydrogens is 288 g/mol. The second kappa shape index (κ2) is 5.06. The SMILES string of the molecule is COc1cc(-c2cccc3c2Cc2ccccc2-3)cc(O)c1O. The van der Waals surface area contributed by atoms with Gasteiger partial charge in [-0.05, 0) is 51.9 Å². The summed E-state index contributed by atoms with van der Waals surface area (Å²) in [6.45, 7) is 0. The number of methoxy groups -OCH3 is 1. The molecule has 0 fully saturated rings. The zero-order chi connectivity index (χ0) is 16.0. The number of benzene rings is 3. The third kappa shape index (κ3) is 2.05. The van der Waals surface area contributed by atoms with E-state index >= 15 is 0 Å². The van der Waals surface area contributed by atoms with Crippen LogP contribution in [-0.4, -0.2) is 17.3 Å². The molecule has 23 heavy (non-hydrogen) atoms. The van der Waals surface area contributed by atoms with Gasteiger partial charge >= 0.3 is 0 Å². The smallest absolute Gasteiger partial charge is 0.200 e. The Morgan fingerprint density at radius 3 is 2.43 bits per heavy atom. The molecule has 3 aromatic carbocycles. The van der Waals surface area contributed by atoms with Crippen LogP contribution in [0.4, 0.5) is 0 Å². The van der Waals surface area contributed by atoms with Gasteiger partial charge < -0.3 is 14.9 Å². The monoisotopic (exact) mass is 304 g/mol. The first kappa shape index (κ1) is 13.7. The number of aromatic hydroxyl groups is 2. The van der Waals surface area contributed by atoms with Crippen LogP contribution in [0.1, 0.15) is 11.1 Å². The van der Waals surface area contributed by atoms with Gasteiger partial charge in [-0.25, -0.2) is 0 Å². The fraction of sp³-hybridized carbons (Fsp3) is 0.100. The predicted octanol–water partition coefficient (Wildman–Crippen LogP) is 4.34. The Balaban J connectivity index is 1.92. The molecule has 3 aromatic rings. The van der Waals surface area contributed by atoms with Gasteiger partial charge in [-0.2, -0.15) is 0 Å². The molecule has 0 unspecified atom stereocenters. The lowest BCUT2D eigenvalue weighted by molar-refractivity contribution is 0.351. The van der Waals surface area contributed by atoms with E-state index < -0.39 is 0 Å². The van der Waals surface area contributed by atoms with E-state index in [1.807, 2.05) is 12.1 Å². The number of hydrogen-bond donors (Lipinski definition) is 2. The summed E-state index contributed by atoms with van der Waals surface area (Å²) in [5.74, 6) is -0.132. The fourth-order valence-corrected chi connectivity index (χ4v) is 3.33. The molecule has 0 spiro atoms. The molecule has 0 aromatic heterocycles. The Hall–Kier alpha value is -2.94. The second-order valence-corrected chi connectivity index (χ2v) is 5.71. The van der Waals surface area contributed by atoms with Crippen LogP contribution < -0.4 is 4.74 Å². The maximum atomic E-state index is 9.97. The Labute approximate surface area is 134 Å². The van der Waals surface area contributed by atoms with E-state index in [2.05, 4.69) is 30.3 Å². The van der Waals surface area contributed by atoms with E-state index in [9.17, 15) is 10.2 Å². The molecule has 3 nitrogen and oxygen atoms in total. The van der Waals surface area contributed by atoms with Crippen molar-refractivity contribution < 1.29 is 14.9 Å². The van der Waals surface area contributed by atoms with E-state index in [0.717, 1.165) is 17.5 Å². The normalized spacial score (nSPS) is 11.9. The standard InChI is InChI=1S/C20H16O3/c1-23-19-11-13(10-18(21)20(19)22)15-7-4-8-16-14-6-3-2-5-12(14)9-17(15)16/h2-8,10-11,21-22H,9H2,1H3. The molecule has 0 bridgehead atoms. The highest BCUT2D eigenvalue weighted by Gasteiger charge is 2.22. The van der Waals surface area contributed by atoms with Crippen molar-refractivity contribution in [3.63, 3.8) is 0 Å². The summed E-state index contributed by atoms with van der Waals surface area (Å²) < 4.78 is 5.16. The number of fused-ring (bicyclic) bond motifs is 3. The molecule has 4 rings (SSSR count). The summed E-state index contributed by atoms with van der Waals surface area (Å²) in [6.07, 6.45) is 0.867.